The molecule has 0 atom stereocenters. The van der Waals surface area contributed by atoms with Crippen molar-refractivity contribution in [3.63, 3.8) is 0 Å². The van der Waals surface area contributed by atoms with Crippen molar-refractivity contribution in [2.75, 3.05) is 5.32 Å². The van der Waals surface area contributed by atoms with Gasteiger partial charge in [-0.3, -0.25) is 0 Å². The zero-order chi connectivity index (χ0) is 18.1. The van der Waals surface area contributed by atoms with Gasteiger partial charge in [0.05, 0.1) is 35.8 Å². The zero-order valence-electron chi connectivity index (χ0n) is 13.6. The number of aromatic nitrogens is 3. The summed E-state index contributed by atoms with van der Waals surface area (Å²) in [5.74, 6) is 0. The first-order valence-electron chi connectivity index (χ1n) is 7.88. The van der Waals surface area contributed by atoms with Crippen LogP contribution in [0.2, 0.25) is 0 Å². The molecule has 0 aliphatic carbocycles. The van der Waals surface area contributed by atoms with Gasteiger partial charge in [-0.05, 0) is 60.2 Å². The Morgan fingerprint density at radius 2 is 2.00 bits per heavy atom. The maximum absolute atomic E-state index is 8.91. The fourth-order valence-corrected chi connectivity index (χ4v) is 3.54. The maximum atomic E-state index is 8.91. The monoisotopic (exact) mass is 424 g/mol. The predicted molar refractivity (Wildman–Crippen MR) is 106 cm³/mol. The average molecular weight is 425 g/mol. The maximum Gasteiger partial charge on any atom is 0.174 e. The summed E-state index contributed by atoms with van der Waals surface area (Å²) >= 11 is 9.16. The highest BCUT2D eigenvalue weighted by molar-refractivity contribution is 9.10. The van der Waals surface area contributed by atoms with Crippen molar-refractivity contribution < 1.29 is 0 Å². The molecular weight excluding hydrogens is 412 g/mol. The zero-order valence-corrected chi connectivity index (χ0v) is 16.0. The van der Waals surface area contributed by atoms with Gasteiger partial charge in [-0.15, -0.1) is 5.10 Å². The fraction of sp³-hybridized carbons (Fsp3) is 0.111. The molecular formula is C18H13BrN6S. The van der Waals surface area contributed by atoms with E-state index in [9.17, 15) is 0 Å². The van der Waals surface area contributed by atoms with Crippen molar-refractivity contribution in [3.8, 4) is 11.8 Å². The summed E-state index contributed by atoms with van der Waals surface area (Å²) in [5, 5.41) is 21.0. The van der Waals surface area contributed by atoms with Crippen LogP contribution in [-0.4, -0.2) is 25.0 Å². The number of benzene rings is 2. The molecule has 1 aliphatic rings. The minimum absolute atomic E-state index is 0.599. The molecule has 1 N–H and O–H groups in total. The summed E-state index contributed by atoms with van der Waals surface area (Å²) in [4.78, 5) is 2.07. The number of rotatable bonds is 1. The molecule has 8 heteroatoms. The lowest BCUT2D eigenvalue weighted by Crippen LogP contribution is -2.33. The van der Waals surface area contributed by atoms with E-state index in [1.807, 2.05) is 28.9 Å². The molecule has 0 saturated heterocycles. The summed E-state index contributed by atoms with van der Waals surface area (Å²) < 4.78 is 2.86. The number of anilines is 1. The summed E-state index contributed by atoms with van der Waals surface area (Å²) in [5.41, 5.74) is 4.54. The van der Waals surface area contributed by atoms with E-state index in [-0.39, 0.29) is 0 Å². The number of thiocarbonyl (C=S) groups is 1. The van der Waals surface area contributed by atoms with E-state index in [1.165, 1.54) is 0 Å². The summed E-state index contributed by atoms with van der Waals surface area (Å²) in [6, 6.07) is 15.4. The van der Waals surface area contributed by atoms with Crippen molar-refractivity contribution in [2.45, 2.75) is 13.1 Å². The molecule has 1 aliphatic heterocycles. The Bertz CT molecular complexity index is 1020. The van der Waals surface area contributed by atoms with Gasteiger partial charge in [0, 0.05) is 16.7 Å². The summed E-state index contributed by atoms with van der Waals surface area (Å²) in [6.45, 7) is 1.25. The number of halogens is 1. The molecule has 0 amide bonds. The number of hydrogen-bond acceptors (Lipinski definition) is 4. The van der Waals surface area contributed by atoms with Crippen LogP contribution in [0.25, 0.3) is 5.69 Å². The lowest BCUT2D eigenvalue weighted by Gasteiger charge is -2.24. The van der Waals surface area contributed by atoms with Gasteiger partial charge in [-0.1, -0.05) is 21.1 Å². The first-order valence-corrected chi connectivity index (χ1v) is 9.08. The van der Waals surface area contributed by atoms with Crippen LogP contribution in [0.4, 0.5) is 5.69 Å². The van der Waals surface area contributed by atoms with Crippen LogP contribution in [0.15, 0.2) is 53.1 Å². The van der Waals surface area contributed by atoms with E-state index in [1.54, 1.807) is 18.3 Å². The highest BCUT2D eigenvalue weighted by Crippen LogP contribution is 2.26. The van der Waals surface area contributed by atoms with Crippen molar-refractivity contribution in [1.29, 1.82) is 5.26 Å². The molecule has 0 saturated carbocycles. The van der Waals surface area contributed by atoms with Crippen LogP contribution in [-0.2, 0) is 13.1 Å². The third-order valence-corrected chi connectivity index (χ3v) is 5.01. The van der Waals surface area contributed by atoms with Gasteiger partial charge in [0.25, 0.3) is 0 Å². The molecule has 6 nitrogen and oxygen atoms in total. The number of hydrogen-bond donors (Lipinski definition) is 1. The van der Waals surface area contributed by atoms with E-state index in [0.29, 0.717) is 23.8 Å². The lowest BCUT2D eigenvalue weighted by atomic mass is 10.2. The van der Waals surface area contributed by atoms with Crippen molar-refractivity contribution >= 4 is 38.9 Å². The van der Waals surface area contributed by atoms with E-state index in [0.717, 1.165) is 27.1 Å². The van der Waals surface area contributed by atoms with Gasteiger partial charge in [0.15, 0.2) is 5.11 Å². The van der Waals surface area contributed by atoms with Crippen LogP contribution < -0.4 is 5.32 Å². The fourth-order valence-electron chi connectivity index (χ4n) is 2.89. The van der Waals surface area contributed by atoms with Crippen LogP contribution in [0.1, 0.15) is 16.8 Å². The van der Waals surface area contributed by atoms with E-state index in [4.69, 9.17) is 17.5 Å². The van der Waals surface area contributed by atoms with E-state index in [2.05, 4.69) is 48.6 Å². The highest BCUT2D eigenvalue weighted by Gasteiger charge is 2.22. The number of nitrogens with zero attached hydrogens (tertiary/aromatic N) is 5. The number of nitriles is 1. The molecule has 26 heavy (non-hydrogen) atoms. The average Bonchev–Trinajstić information content (AvgIpc) is 3.04. The van der Waals surface area contributed by atoms with Crippen LogP contribution in [0.3, 0.4) is 0 Å². The third kappa shape index (κ3) is 3.19. The Balaban J connectivity index is 1.63. The summed E-state index contributed by atoms with van der Waals surface area (Å²) in [6.07, 6.45) is 1.76. The molecule has 0 unspecified atom stereocenters. The van der Waals surface area contributed by atoms with Crippen LogP contribution in [0.5, 0.6) is 0 Å². The molecule has 0 bridgehead atoms. The normalized spacial score (nSPS) is 12.5. The molecule has 1 aromatic heterocycles. The Kier molecular flexibility index (Phi) is 4.41. The van der Waals surface area contributed by atoms with Crippen molar-refractivity contribution in [1.82, 2.24) is 19.9 Å². The van der Waals surface area contributed by atoms with Gasteiger partial charge in [-0.25, -0.2) is 4.68 Å². The SMILES string of the molecule is N#Cc1ccc(NC(=S)N2Cc3cc(Br)ccc3-n3nncc3C2)cc1. The Hall–Kier alpha value is -2.76. The molecule has 2 aromatic carbocycles. The molecule has 4 rings (SSSR count). The van der Waals surface area contributed by atoms with Crippen LogP contribution in [0, 0.1) is 11.3 Å². The molecule has 0 spiro atoms. The van der Waals surface area contributed by atoms with Crippen LogP contribution >= 0.6 is 28.1 Å². The number of fused-ring (bicyclic) bond motifs is 3. The van der Waals surface area contributed by atoms with Gasteiger partial charge >= 0.3 is 0 Å². The second-order valence-corrected chi connectivity index (χ2v) is 7.19. The molecule has 128 valence electrons. The first kappa shape index (κ1) is 16.7. The molecule has 2 heterocycles. The smallest absolute Gasteiger partial charge is 0.174 e. The topological polar surface area (TPSA) is 69.8 Å². The second kappa shape index (κ2) is 6.86. The second-order valence-electron chi connectivity index (χ2n) is 5.89. The van der Waals surface area contributed by atoms with Crippen molar-refractivity contribution in [3.05, 3.63) is 70.0 Å². The van der Waals surface area contributed by atoms with Crippen molar-refractivity contribution in [2.24, 2.45) is 0 Å². The third-order valence-electron chi connectivity index (χ3n) is 4.16. The minimum atomic E-state index is 0.599. The molecule has 0 fully saturated rings. The number of nitrogens with one attached hydrogen (secondary N) is 1. The first-order chi connectivity index (χ1) is 12.6. The van der Waals surface area contributed by atoms with Gasteiger partial charge in [0.2, 0.25) is 0 Å². The highest BCUT2D eigenvalue weighted by atomic mass is 79.9. The van der Waals surface area contributed by atoms with E-state index >= 15 is 0 Å². The lowest BCUT2D eigenvalue weighted by molar-refractivity contribution is 0.413. The molecule has 0 radical (unpaired) electrons. The standard InChI is InChI=1S/C18H13BrN6S/c19-14-3-6-17-13(7-14)10-24(11-16-9-21-23-25(16)17)18(26)22-15-4-1-12(8-20)2-5-15/h1-7,9H,10-11H2,(H,22,26). The van der Waals surface area contributed by atoms with Gasteiger partial charge in [-0.2, -0.15) is 5.26 Å². The summed E-state index contributed by atoms with van der Waals surface area (Å²) in [7, 11) is 0. The molecule has 3 aromatic rings. The van der Waals surface area contributed by atoms with Gasteiger partial charge < -0.3 is 10.2 Å². The Morgan fingerprint density at radius 3 is 2.77 bits per heavy atom. The quantitative estimate of drug-likeness (QED) is 0.601. The van der Waals surface area contributed by atoms with E-state index < -0.39 is 0 Å². The Labute approximate surface area is 164 Å². The largest absolute Gasteiger partial charge is 0.339 e. The Morgan fingerprint density at radius 1 is 1.19 bits per heavy atom. The predicted octanol–water partition coefficient (Wildman–Crippen LogP) is 3.61. The van der Waals surface area contributed by atoms with Gasteiger partial charge in [0.1, 0.15) is 0 Å². The minimum Gasteiger partial charge on any atom is -0.339 e.